The summed E-state index contributed by atoms with van der Waals surface area (Å²) in [5.74, 6) is 1.50. The van der Waals surface area contributed by atoms with Crippen LogP contribution in [0.3, 0.4) is 0 Å². The number of nitriles is 2. The molecule has 0 N–H and O–H groups in total. The molecule has 6 heterocycles. The first-order chi connectivity index (χ1) is 34.1. The van der Waals surface area contributed by atoms with Crippen molar-refractivity contribution in [3.8, 4) is 52.1 Å². The molecule has 5 aromatic heterocycles. The maximum absolute atomic E-state index is 10.2. The summed E-state index contributed by atoms with van der Waals surface area (Å²) in [6.45, 7) is 0. The first kappa shape index (κ1) is 37.5. The maximum Gasteiger partial charge on any atom is 0.134 e. The Labute approximate surface area is 394 Å². The average molecular weight is 880 g/mol. The highest BCUT2D eigenvalue weighted by Gasteiger charge is 2.52. The van der Waals surface area contributed by atoms with Gasteiger partial charge in [0.15, 0.2) is 0 Å². The second kappa shape index (κ2) is 13.6. The van der Waals surface area contributed by atoms with Crippen molar-refractivity contribution < 1.29 is 4.74 Å². The van der Waals surface area contributed by atoms with E-state index in [1.54, 1.807) is 0 Å². The Kier molecular flexibility index (Phi) is 7.41. The topological polar surface area (TPSA) is 97.4 Å². The third-order valence-electron chi connectivity index (χ3n) is 14.6. The fraction of sp³-hybridized carbons (Fsp3) is 0.0164. The second-order valence-electron chi connectivity index (χ2n) is 18.0. The molecule has 8 nitrogen and oxygen atoms in total. The molecule has 2 aliphatic rings. The molecule has 0 bridgehead atoms. The van der Waals surface area contributed by atoms with Gasteiger partial charge < -0.3 is 18.4 Å². The van der Waals surface area contributed by atoms with Crippen LogP contribution in [0.2, 0.25) is 0 Å². The van der Waals surface area contributed by atoms with Crippen molar-refractivity contribution in [1.29, 1.82) is 10.5 Å². The third kappa shape index (κ3) is 4.88. The zero-order valence-electron chi connectivity index (χ0n) is 36.6. The van der Waals surface area contributed by atoms with Crippen LogP contribution in [0.4, 0.5) is 0 Å². The lowest BCUT2D eigenvalue weighted by molar-refractivity contribution is 0.436. The van der Waals surface area contributed by atoms with E-state index in [2.05, 4.69) is 153 Å². The Morgan fingerprint density at radius 3 is 1.55 bits per heavy atom. The molecule has 1 unspecified atom stereocenters. The van der Waals surface area contributed by atoms with Crippen LogP contribution in [0.25, 0.3) is 93.9 Å². The van der Waals surface area contributed by atoms with Crippen LogP contribution >= 0.6 is 0 Å². The largest absolute Gasteiger partial charge is 0.457 e. The van der Waals surface area contributed by atoms with Crippen molar-refractivity contribution >= 4 is 65.4 Å². The summed E-state index contributed by atoms with van der Waals surface area (Å²) >= 11 is 0. The smallest absolute Gasteiger partial charge is 0.134 e. The molecular weight excluding hydrogens is 847 g/mol. The molecule has 8 aromatic carbocycles. The molecule has 1 aliphatic carbocycles. The Balaban J connectivity index is 0.964. The highest BCUT2D eigenvalue weighted by atomic mass is 16.5. The zero-order valence-corrected chi connectivity index (χ0v) is 36.6. The average Bonchev–Trinajstić information content (AvgIpc) is 4.12. The molecule has 69 heavy (non-hydrogen) atoms. The summed E-state index contributed by atoms with van der Waals surface area (Å²) < 4.78 is 13.9. The summed E-state index contributed by atoms with van der Waals surface area (Å²) in [5.41, 5.74) is 15.3. The van der Waals surface area contributed by atoms with Crippen molar-refractivity contribution in [3.05, 3.63) is 234 Å². The summed E-state index contributed by atoms with van der Waals surface area (Å²) in [6, 6.07) is 70.0. The normalized spacial score (nSPS) is 14.5. The van der Waals surface area contributed by atoms with Gasteiger partial charge in [0.2, 0.25) is 0 Å². The van der Waals surface area contributed by atoms with Crippen LogP contribution in [-0.2, 0) is 5.41 Å². The third-order valence-corrected chi connectivity index (χ3v) is 14.6. The minimum Gasteiger partial charge on any atom is -0.457 e. The van der Waals surface area contributed by atoms with Crippen LogP contribution in [-0.4, -0.2) is 23.7 Å². The minimum atomic E-state index is -0.808. The van der Waals surface area contributed by atoms with Crippen LogP contribution in [0.15, 0.2) is 200 Å². The number of rotatable bonds is 3. The molecule has 8 heteroatoms. The minimum absolute atomic E-state index is 0.584. The van der Waals surface area contributed by atoms with E-state index in [-0.39, 0.29) is 0 Å². The second-order valence-corrected chi connectivity index (χ2v) is 18.0. The van der Waals surface area contributed by atoms with Gasteiger partial charge in [-0.25, -0.2) is 0 Å². The summed E-state index contributed by atoms with van der Waals surface area (Å²) in [5, 5.41) is 26.4. The lowest BCUT2D eigenvalue weighted by Gasteiger charge is -2.39. The van der Waals surface area contributed by atoms with E-state index in [0.717, 1.165) is 117 Å². The molecule has 13 aromatic rings. The molecule has 1 aliphatic heterocycles. The van der Waals surface area contributed by atoms with E-state index >= 15 is 0 Å². The lowest BCUT2D eigenvalue weighted by Crippen LogP contribution is -2.32. The van der Waals surface area contributed by atoms with Crippen molar-refractivity contribution in [3.63, 3.8) is 0 Å². The van der Waals surface area contributed by atoms with E-state index in [1.165, 1.54) is 10.8 Å². The predicted octanol–water partition coefficient (Wildman–Crippen LogP) is 14.0. The Bertz CT molecular complexity index is 4470. The predicted molar refractivity (Wildman–Crippen MR) is 272 cm³/mol. The van der Waals surface area contributed by atoms with Gasteiger partial charge in [-0.1, -0.05) is 84.9 Å². The Hall–Kier alpha value is -9.76. The van der Waals surface area contributed by atoms with Gasteiger partial charge in [0.25, 0.3) is 0 Å². The number of hydrogen-bond donors (Lipinski definition) is 0. The van der Waals surface area contributed by atoms with Gasteiger partial charge in [0.1, 0.15) is 11.5 Å². The molecule has 0 fully saturated rings. The number of para-hydroxylation sites is 4. The number of benzene rings is 8. The highest BCUT2D eigenvalue weighted by Crippen LogP contribution is 2.62. The molecule has 0 radical (unpaired) electrons. The molecule has 15 rings (SSSR count). The molecule has 1 atom stereocenters. The number of hydrogen-bond acceptors (Lipinski definition) is 5. The number of nitrogens with zero attached hydrogens (tertiary/aromatic N) is 7. The first-order valence-electron chi connectivity index (χ1n) is 22.9. The van der Waals surface area contributed by atoms with Gasteiger partial charge in [0.05, 0.1) is 85.1 Å². The van der Waals surface area contributed by atoms with Crippen LogP contribution < -0.4 is 4.74 Å². The standard InChI is InChI=1S/C61H33N7O/c62-33-36-19-24-54-44(28-36)43-12-3-7-17-53(43)66(54)38-22-26-56-46(30-38)45-29-37(34-63)20-25-55(45)67(56)39-21-23-48-58(32-39)69-57-18-8-4-13-47(57)61(48)49-14-9-27-64-59(49)60-50(61)31-40(35-65-60)68-51-15-5-1-10-41(51)42-11-2-6-16-52(42)68/h1-32,35H. The van der Waals surface area contributed by atoms with E-state index in [9.17, 15) is 10.5 Å². The van der Waals surface area contributed by atoms with E-state index in [0.29, 0.717) is 11.1 Å². The van der Waals surface area contributed by atoms with Gasteiger partial charge >= 0.3 is 0 Å². The van der Waals surface area contributed by atoms with E-state index < -0.39 is 5.41 Å². The van der Waals surface area contributed by atoms with Gasteiger partial charge in [0, 0.05) is 72.6 Å². The Morgan fingerprint density at radius 2 is 0.870 bits per heavy atom. The number of aromatic nitrogens is 5. The monoisotopic (exact) mass is 879 g/mol. The van der Waals surface area contributed by atoms with Gasteiger partial charge in [-0.2, -0.15) is 10.5 Å². The maximum atomic E-state index is 10.2. The number of ether oxygens (including phenoxy) is 1. The van der Waals surface area contributed by atoms with Crippen molar-refractivity contribution in [2.24, 2.45) is 0 Å². The molecule has 1 spiro atoms. The van der Waals surface area contributed by atoms with Crippen LogP contribution in [0, 0.1) is 22.7 Å². The number of pyridine rings is 2. The summed E-state index contributed by atoms with van der Waals surface area (Å²) in [4.78, 5) is 10.4. The first-order valence-corrected chi connectivity index (χ1v) is 22.9. The highest BCUT2D eigenvalue weighted by molar-refractivity contribution is 6.13. The number of fused-ring (bicyclic) bond motifs is 18. The summed E-state index contributed by atoms with van der Waals surface area (Å²) in [7, 11) is 0. The van der Waals surface area contributed by atoms with E-state index in [4.69, 9.17) is 14.7 Å². The quantitative estimate of drug-likeness (QED) is 0.176. The van der Waals surface area contributed by atoms with Gasteiger partial charge in [-0.05, 0) is 103 Å². The molecule has 0 saturated carbocycles. The van der Waals surface area contributed by atoms with Crippen LogP contribution in [0.1, 0.15) is 33.4 Å². The van der Waals surface area contributed by atoms with E-state index in [1.807, 2.05) is 73.1 Å². The zero-order chi connectivity index (χ0) is 45.5. The van der Waals surface area contributed by atoms with Crippen molar-refractivity contribution in [2.75, 3.05) is 0 Å². The van der Waals surface area contributed by atoms with Crippen molar-refractivity contribution in [2.45, 2.75) is 5.41 Å². The fourth-order valence-electron chi connectivity index (χ4n) is 11.9. The van der Waals surface area contributed by atoms with Gasteiger partial charge in [-0.15, -0.1) is 0 Å². The fourth-order valence-corrected chi connectivity index (χ4v) is 11.9. The SMILES string of the molecule is N#Cc1ccc2c(c1)c1ccccc1n2-c1ccc2c(c1)c1cc(C#N)ccc1n2-c1ccc2c(c1)Oc1ccccc1C21c2cccnc2-c2ncc(-n3c4ccccc4c4ccccc43)cc21. The lowest BCUT2D eigenvalue weighted by atomic mass is 9.66. The van der Waals surface area contributed by atoms with Crippen LogP contribution in [0.5, 0.6) is 11.5 Å². The van der Waals surface area contributed by atoms with Crippen molar-refractivity contribution in [1.82, 2.24) is 23.7 Å². The molecule has 318 valence electrons. The summed E-state index contributed by atoms with van der Waals surface area (Å²) in [6.07, 6.45) is 3.85. The molecule has 0 amide bonds. The van der Waals surface area contributed by atoms with Gasteiger partial charge in [-0.3, -0.25) is 9.97 Å². The molecular formula is C61H33N7O. The Morgan fingerprint density at radius 1 is 0.377 bits per heavy atom. The molecule has 0 saturated heterocycles.